The van der Waals surface area contributed by atoms with Gasteiger partial charge < -0.3 is 25.0 Å². The summed E-state index contributed by atoms with van der Waals surface area (Å²) in [7, 11) is 1.33. The topological polar surface area (TPSA) is 79.9 Å². The minimum atomic E-state index is -0.466. The van der Waals surface area contributed by atoms with Crippen LogP contribution in [0.5, 0.6) is 0 Å². The fourth-order valence-electron chi connectivity index (χ4n) is 4.32. The van der Waals surface area contributed by atoms with Crippen LogP contribution in [0.25, 0.3) is 10.4 Å². The van der Waals surface area contributed by atoms with E-state index in [9.17, 15) is 14.0 Å². The Morgan fingerprint density at radius 1 is 1.35 bits per heavy atom. The summed E-state index contributed by atoms with van der Waals surface area (Å²) in [6.07, 6.45) is 2.41. The van der Waals surface area contributed by atoms with Gasteiger partial charge in [0.2, 0.25) is 0 Å². The second kappa shape index (κ2) is 11.3. The Balaban J connectivity index is 1.58. The number of carbonyl (C=O) groups is 2. The minimum absolute atomic E-state index is 0.0202. The predicted molar refractivity (Wildman–Crippen MR) is 129 cm³/mol. The van der Waals surface area contributed by atoms with Crippen LogP contribution in [-0.4, -0.2) is 62.4 Å². The monoisotopic (exact) mass is 489 g/mol. The number of ether oxygens (including phenoxy) is 2. The van der Waals surface area contributed by atoms with Crippen molar-refractivity contribution in [1.82, 2.24) is 15.5 Å². The number of hydrogen-bond acceptors (Lipinski definition) is 6. The van der Waals surface area contributed by atoms with Crippen LogP contribution in [0, 0.1) is 5.82 Å². The van der Waals surface area contributed by atoms with E-state index in [1.54, 1.807) is 12.1 Å². The van der Waals surface area contributed by atoms with Gasteiger partial charge in [0.25, 0.3) is 5.91 Å². The largest absolute Gasteiger partial charge is 0.453 e. The first kappa shape index (κ1) is 24.6. The zero-order chi connectivity index (χ0) is 24.1. The van der Waals surface area contributed by atoms with Crippen molar-refractivity contribution >= 4 is 23.3 Å². The number of thiophene rings is 1. The van der Waals surface area contributed by atoms with Crippen LogP contribution in [0.15, 0.2) is 30.3 Å². The second-order valence-electron chi connectivity index (χ2n) is 8.72. The number of hydrogen-bond donors (Lipinski definition) is 2. The van der Waals surface area contributed by atoms with Crippen LogP contribution in [-0.2, 0) is 20.7 Å². The molecule has 2 heterocycles. The number of carbonyl (C=O) groups excluding carboxylic acids is 2. The first-order valence-electron chi connectivity index (χ1n) is 11.8. The van der Waals surface area contributed by atoms with Crippen molar-refractivity contribution in [1.29, 1.82) is 0 Å². The lowest BCUT2D eigenvalue weighted by molar-refractivity contribution is -0.148. The van der Waals surface area contributed by atoms with Gasteiger partial charge in [-0.05, 0) is 50.3 Å². The third kappa shape index (κ3) is 5.76. The molecule has 9 heteroatoms. The molecule has 2 aromatic rings. The molecule has 2 aliphatic rings. The molecule has 34 heavy (non-hydrogen) atoms. The van der Waals surface area contributed by atoms with E-state index in [-0.39, 0.29) is 23.8 Å². The zero-order valence-corrected chi connectivity index (χ0v) is 20.5. The maximum Gasteiger partial charge on any atom is 0.406 e. The molecule has 0 spiro atoms. The Labute approximate surface area is 203 Å². The van der Waals surface area contributed by atoms with E-state index >= 15 is 0 Å². The van der Waals surface area contributed by atoms with Crippen LogP contribution in [0.1, 0.15) is 42.7 Å². The third-order valence-corrected chi connectivity index (χ3v) is 7.63. The third-order valence-electron chi connectivity index (χ3n) is 6.25. The van der Waals surface area contributed by atoms with Crippen LogP contribution in [0.4, 0.5) is 9.18 Å². The number of aryl methyl sites for hydroxylation is 1. The van der Waals surface area contributed by atoms with Crippen molar-refractivity contribution < 1.29 is 23.5 Å². The molecule has 2 atom stereocenters. The van der Waals surface area contributed by atoms with E-state index in [1.807, 2.05) is 17.9 Å². The quantitative estimate of drug-likeness (QED) is 0.523. The normalized spacial score (nSPS) is 18.9. The Morgan fingerprint density at radius 2 is 2.15 bits per heavy atom. The van der Waals surface area contributed by atoms with E-state index < -0.39 is 12.2 Å². The highest BCUT2D eigenvalue weighted by atomic mass is 32.1. The molecule has 1 aromatic heterocycles. The average molecular weight is 490 g/mol. The molecule has 1 saturated heterocycles. The van der Waals surface area contributed by atoms with Crippen molar-refractivity contribution in [2.75, 3.05) is 33.4 Å². The smallest absolute Gasteiger partial charge is 0.406 e. The van der Waals surface area contributed by atoms with Crippen molar-refractivity contribution in [2.24, 2.45) is 0 Å². The standard InChI is InChI=1S/C25H32FN3O4S/c1-16(29(18-9-10-18)24(30)21-15-27-12-13-33-21)22-14-17(6-5-11-28-25(31)32-2)23(34-22)19-7-3-4-8-20(19)26/h3-4,7-8,14,16,18,21,27H,5-6,9-13,15H2,1-2H3,(H,28,31)/t16-,21-/m1/s1. The molecule has 184 valence electrons. The van der Waals surface area contributed by atoms with Crippen molar-refractivity contribution in [3.05, 3.63) is 46.6 Å². The first-order valence-corrected chi connectivity index (χ1v) is 12.6. The van der Waals surface area contributed by atoms with Gasteiger partial charge in [-0.2, -0.15) is 0 Å². The molecule has 2 N–H and O–H groups in total. The van der Waals surface area contributed by atoms with Gasteiger partial charge in [-0.3, -0.25) is 4.79 Å². The molecule has 2 fully saturated rings. The Bertz CT molecular complexity index is 1000. The van der Waals surface area contributed by atoms with Crippen LogP contribution >= 0.6 is 11.3 Å². The van der Waals surface area contributed by atoms with E-state index in [1.165, 1.54) is 24.5 Å². The van der Waals surface area contributed by atoms with Crippen molar-refractivity contribution in [3.63, 3.8) is 0 Å². The molecule has 4 rings (SSSR count). The van der Waals surface area contributed by atoms with Crippen LogP contribution in [0.2, 0.25) is 0 Å². The van der Waals surface area contributed by atoms with Gasteiger partial charge in [-0.25, -0.2) is 9.18 Å². The number of alkyl carbamates (subject to hydrolysis) is 1. The number of nitrogens with one attached hydrogen (secondary N) is 2. The number of amides is 2. The minimum Gasteiger partial charge on any atom is -0.453 e. The van der Waals surface area contributed by atoms with Crippen molar-refractivity contribution in [2.45, 2.75) is 50.8 Å². The second-order valence-corrected chi connectivity index (χ2v) is 9.80. The summed E-state index contributed by atoms with van der Waals surface area (Å²) < 4.78 is 25.1. The summed E-state index contributed by atoms with van der Waals surface area (Å²) >= 11 is 1.54. The lowest BCUT2D eigenvalue weighted by Gasteiger charge is -2.33. The van der Waals surface area contributed by atoms with Gasteiger partial charge >= 0.3 is 6.09 Å². The van der Waals surface area contributed by atoms with Crippen molar-refractivity contribution in [3.8, 4) is 10.4 Å². The lowest BCUT2D eigenvalue weighted by Crippen LogP contribution is -2.50. The average Bonchev–Trinajstić information content (AvgIpc) is 3.60. The van der Waals surface area contributed by atoms with Gasteiger partial charge in [0, 0.05) is 41.0 Å². The number of nitrogens with zero attached hydrogens (tertiary/aromatic N) is 1. The maximum absolute atomic E-state index is 14.7. The van der Waals surface area contributed by atoms with E-state index in [0.29, 0.717) is 38.1 Å². The van der Waals surface area contributed by atoms with E-state index in [2.05, 4.69) is 21.4 Å². The van der Waals surface area contributed by atoms with E-state index in [0.717, 1.165) is 34.7 Å². The summed E-state index contributed by atoms with van der Waals surface area (Å²) in [6, 6.07) is 8.95. The van der Waals surface area contributed by atoms with Gasteiger partial charge in [0.1, 0.15) is 11.9 Å². The Hall–Kier alpha value is -2.49. The number of morpholine rings is 1. The highest BCUT2D eigenvalue weighted by Crippen LogP contribution is 2.42. The predicted octanol–water partition coefficient (Wildman–Crippen LogP) is 3.88. The van der Waals surface area contributed by atoms with Gasteiger partial charge in [0.15, 0.2) is 0 Å². The van der Waals surface area contributed by atoms with Gasteiger partial charge in [-0.15, -0.1) is 11.3 Å². The van der Waals surface area contributed by atoms with Crippen LogP contribution < -0.4 is 10.6 Å². The summed E-state index contributed by atoms with van der Waals surface area (Å²) in [5, 5.41) is 5.93. The fraction of sp³-hybridized carbons (Fsp3) is 0.520. The van der Waals surface area contributed by atoms with Crippen LogP contribution in [0.3, 0.4) is 0 Å². The summed E-state index contributed by atoms with van der Waals surface area (Å²) in [5.41, 5.74) is 1.58. The molecule has 1 aliphatic heterocycles. The summed E-state index contributed by atoms with van der Waals surface area (Å²) in [5.74, 6) is -0.249. The highest BCUT2D eigenvalue weighted by Gasteiger charge is 2.40. The maximum atomic E-state index is 14.7. The molecular formula is C25H32FN3O4S. The fourth-order valence-corrected chi connectivity index (χ4v) is 5.61. The number of methoxy groups -OCH3 is 1. The van der Waals surface area contributed by atoms with Gasteiger partial charge in [-0.1, -0.05) is 18.2 Å². The number of rotatable bonds is 9. The molecular weight excluding hydrogens is 457 g/mol. The molecule has 0 bridgehead atoms. The Kier molecular flexibility index (Phi) is 8.18. The molecule has 7 nitrogen and oxygen atoms in total. The number of halogens is 1. The molecule has 1 aromatic carbocycles. The van der Waals surface area contributed by atoms with E-state index in [4.69, 9.17) is 4.74 Å². The molecule has 2 amide bonds. The Morgan fingerprint density at radius 3 is 2.82 bits per heavy atom. The highest BCUT2D eigenvalue weighted by molar-refractivity contribution is 7.15. The molecule has 1 aliphatic carbocycles. The van der Waals surface area contributed by atoms with Gasteiger partial charge in [0.05, 0.1) is 19.8 Å². The summed E-state index contributed by atoms with van der Waals surface area (Å²) in [6.45, 7) is 4.32. The summed E-state index contributed by atoms with van der Waals surface area (Å²) in [4.78, 5) is 28.6. The zero-order valence-electron chi connectivity index (χ0n) is 19.6. The number of benzene rings is 1. The first-order chi connectivity index (χ1) is 16.5. The molecule has 1 saturated carbocycles. The lowest BCUT2D eigenvalue weighted by atomic mass is 10.0. The molecule has 0 radical (unpaired) electrons. The SMILES string of the molecule is COC(=O)NCCCc1cc([C@@H](C)N(C(=O)[C@H]2CNCCO2)C2CC2)sc1-c1ccccc1F. The molecule has 0 unspecified atom stereocenters.